The van der Waals surface area contributed by atoms with Crippen LogP contribution >= 0.6 is 0 Å². The first kappa shape index (κ1) is 21.4. The number of likely N-dealkylation sites (tertiary alicyclic amines) is 1. The Morgan fingerprint density at radius 3 is 2.72 bits per heavy atom. The highest BCUT2D eigenvalue weighted by atomic mass is 16.2. The number of carbonyl (C=O) groups excluding carboxylic acids is 1. The lowest BCUT2D eigenvalue weighted by Crippen LogP contribution is -2.41. The maximum atomic E-state index is 13.2. The van der Waals surface area contributed by atoms with E-state index in [0.29, 0.717) is 36.6 Å². The number of aromatic amines is 1. The van der Waals surface area contributed by atoms with E-state index in [1.54, 1.807) is 9.42 Å². The minimum absolute atomic E-state index is 0.0553. The molecule has 5 rings (SSSR count). The quantitative estimate of drug-likeness (QED) is 0.746. The van der Waals surface area contributed by atoms with Crippen molar-refractivity contribution >= 4 is 11.6 Å². The molecule has 2 aromatic rings. The Balaban J connectivity index is 1.29. The Hall–Kier alpha value is -2.41. The Morgan fingerprint density at radius 2 is 2.00 bits per heavy atom. The molecule has 172 valence electrons. The van der Waals surface area contributed by atoms with Crippen LogP contribution in [0.1, 0.15) is 68.8 Å². The van der Waals surface area contributed by atoms with E-state index in [1.807, 2.05) is 13.8 Å². The molecule has 7 nitrogen and oxygen atoms in total. The number of nitrogens with zero attached hydrogens (tertiary/aromatic N) is 4. The Kier molecular flexibility index (Phi) is 5.93. The van der Waals surface area contributed by atoms with Crippen LogP contribution in [-0.4, -0.2) is 56.5 Å². The van der Waals surface area contributed by atoms with Crippen LogP contribution in [0.4, 0.5) is 0 Å². The van der Waals surface area contributed by atoms with E-state index in [-0.39, 0.29) is 17.4 Å². The van der Waals surface area contributed by atoms with Crippen molar-refractivity contribution in [2.75, 3.05) is 26.2 Å². The van der Waals surface area contributed by atoms with Crippen LogP contribution in [0.15, 0.2) is 23.0 Å². The van der Waals surface area contributed by atoms with Gasteiger partial charge in [0.25, 0.3) is 5.56 Å². The zero-order chi connectivity index (χ0) is 22.2. The molecule has 1 N–H and O–H groups in total. The number of hydrogen-bond donors (Lipinski definition) is 1. The molecule has 1 fully saturated rings. The normalized spacial score (nSPS) is 22.6. The van der Waals surface area contributed by atoms with Crippen LogP contribution in [0.3, 0.4) is 0 Å². The van der Waals surface area contributed by atoms with Crippen molar-refractivity contribution in [3.8, 4) is 0 Å². The van der Waals surface area contributed by atoms with Crippen LogP contribution in [0, 0.1) is 11.8 Å². The topological polar surface area (TPSA) is 73.7 Å². The monoisotopic (exact) mass is 437 g/mol. The highest BCUT2D eigenvalue weighted by Crippen LogP contribution is 2.29. The molecular formula is C25H35N5O2. The first-order valence-corrected chi connectivity index (χ1v) is 12.3. The van der Waals surface area contributed by atoms with Crippen molar-refractivity contribution in [1.82, 2.24) is 24.4 Å². The molecule has 7 heteroatoms. The van der Waals surface area contributed by atoms with E-state index in [0.717, 1.165) is 43.2 Å². The molecule has 32 heavy (non-hydrogen) atoms. The predicted molar refractivity (Wildman–Crippen MR) is 125 cm³/mol. The van der Waals surface area contributed by atoms with Gasteiger partial charge in [0, 0.05) is 43.1 Å². The Labute approximate surface area is 189 Å². The number of carbonyl (C=O) groups is 1. The predicted octanol–water partition coefficient (Wildman–Crippen LogP) is 3.10. The largest absolute Gasteiger partial charge is 0.337 e. The third-order valence-electron chi connectivity index (χ3n) is 7.51. The summed E-state index contributed by atoms with van der Waals surface area (Å²) in [5.74, 6) is 1.28. The van der Waals surface area contributed by atoms with Crippen molar-refractivity contribution in [1.29, 1.82) is 0 Å². The fraction of sp³-hybridized carbons (Fsp3) is 0.640. The molecule has 1 aliphatic carbocycles. The van der Waals surface area contributed by atoms with Gasteiger partial charge in [-0.2, -0.15) is 0 Å². The lowest BCUT2D eigenvalue weighted by molar-refractivity contribution is -0.135. The lowest BCUT2D eigenvalue weighted by Gasteiger charge is -2.34. The van der Waals surface area contributed by atoms with Crippen molar-refractivity contribution in [3.05, 3.63) is 45.5 Å². The number of amides is 1. The van der Waals surface area contributed by atoms with Crippen LogP contribution in [0.25, 0.3) is 5.65 Å². The third-order valence-corrected chi connectivity index (χ3v) is 7.51. The molecule has 0 aromatic carbocycles. The number of hydrogen-bond acceptors (Lipinski definition) is 4. The molecule has 0 saturated carbocycles. The SMILES string of the molecule is CC(C)C(=O)N1CCc2nc3cc(C4CCN(CC5CC=CCC5)CC4)[nH]n3c(=O)c2C1. The van der Waals surface area contributed by atoms with E-state index in [2.05, 4.69) is 28.2 Å². The second kappa shape index (κ2) is 8.85. The fourth-order valence-electron chi connectivity index (χ4n) is 5.58. The summed E-state index contributed by atoms with van der Waals surface area (Å²) in [5, 5.41) is 3.36. The fourth-order valence-corrected chi connectivity index (χ4v) is 5.58. The molecule has 0 spiro atoms. The van der Waals surface area contributed by atoms with Gasteiger partial charge in [-0.3, -0.25) is 14.7 Å². The van der Waals surface area contributed by atoms with Gasteiger partial charge in [-0.05, 0) is 51.1 Å². The minimum atomic E-state index is -0.0615. The average molecular weight is 438 g/mol. The summed E-state index contributed by atoms with van der Waals surface area (Å²) >= 11 is 0. The van der Waals surface area contributed by atoms with E-state index in [9.17, 15) is 9.59 Å². The van der Waals surface area contributed by atoms with Crippen molar-refractivity contribution in [2.45, 2.75) is 64.8 Å². The van der Waals surface area contributed by atoms with Crippen LogP contribution < -0.4 is 5.56 Å². The minimum Gasteiger partial charge on any atom is -0.337 e. The van der Waals surface area contributed by atoms with Crippen LogP contribution in [0.2, 0.25) is 0 Å². The van der Waals surface area contributed by atoms with E-state index in [1.165, 1.54) is 25.8 Å². The van der Waals surface area contributed by atoms with Gasteiger partial charge in [0.1, 0.15) is 0 Å². The van der Waals surface area contributed by atoms with Gasteiger partial charge in [0.15, 0.2) is 5.65 Å². The molecule has 0 radical (unpaired) electrons. The van der Waals surface area contributed by atoms with E-state index >= 15 is 0 Å². The Bertz CT molecular complexity index is 1070. The van der Waals surface area contributed by atoms with Crippen molar-refractivity contribution < 1.29 is 4.79 Å². The number of allylic oxidation sites excluding steroid dienone is 2. The van der Waals surface area contributed by atoms with E-state index in [4.69, 9.17) is 4.98 Å². The molecule has 1 saturated heterocycles. The average Bonchev–Trinajstić information content (AvgIpc) is 3.24. The maximum Gasteiger partial charge on any atom is 0.277 e. The molecule has 4 heterocycles. The van der Waals surface area contributed by atoms with Crippen LogP contribution in [-0.2, 0) is 17.8 Å². The zero-order valence-corrected chi connectivity index (χ0v) is 19.3. The highest BCUT2D eigenvalue weighted by Gasteiger charge is 2.28. The first-order valence-electron chi connectivity index (χ1n) is 12.3. The number of rotatable bonds is 4. The molecule has 1 atom stereocenters. The number of H-pyrrole nitrogens is 1. The van der Waals surface area contributed by atoms with Gasteiger partial charge < -0.3 is 9.80 Å². The standard InChI is InChI=1S/C25H35N5O2/c1-17(2)24(31)29-13-10-21-20(16-29)25(32)30-23(26-21)14-22(27-30)19-8-11-28(12-9-19)15-18-6-4-3-5-7-18/h3-4,14,17-19,27H,5-13,15-16H2,1-2H3. The molecule has 1 unspecified atom stereocenters. The highest BCUT2D eigenvalue weighted by molar-refractivity contribution is 5.78. The van der Waals surface area contributed by atoms with Crippen molar-refractivity contribution in [3.63, 3.8) is 0 Å². The lowest BCUT2D eigenvalue weighted by atomic mass is 9.90. The van der Waals surface area contributed by atoms with Gasteiger partial charge in [0.05, 0.1) is 17.8 Å². The number of aromatic nitrogens is 3. The smallest absolute Gasteiger partial charge is 0.277 e. The summed E-state index contributed by atoms with van der Waals surface area (Å²) in [7, 11) is 0. The second-order valence-electron chi connectivity index (χ2n) is 10.1. The zero-order valence-electron chi connectivity index (χ0n) is 19.3. The molecule has 3 aliphatic rings. The maximum absolute atomic E-state index is 13.2. The molecule has 0 bridgehead atoms. The summed E-state index contributed by atoms with van der Waals surface area (Å²) in [6.07, 6.45) is 11.3. The summed E-state index contributed by atoms with van der Waals surface area (Å²) in [6.45, 7) is 8.25. The van der Waals surface area contributed by atoms with Gasteiger partial charge in [-0.25, -0.2) is 9.50 Å². The number of nitrogens with one attached hydrogen (secondary N) is 1. The molecular weight excluding hydrogens is 402 g/mol. The molecule has 2 aliphatic heterocycles. The van der Waals surface area contributed by atoms with Gasteiger partial charge in [-0.15, -0.1) is 0 Å². The van der Waals surface area contributed by atoms with Gasteiger partial charge >= 0.3 is 0 Å². The number of fused-ring (bicyclic) bond motifs is 2. The van der Waals surface area contributed by atoms with E-state index < -0.39 is 0 Å². The summed E-state index contributed by atoms with van der Waals surface area (Å²) in [4.78, 5) is 34.9. The molecule has 1 amide bonds. The van der Waals surface area contributed by atoms with Gasteiger partial charge in [0.2, 0.25) is 5.91 Å². The summed E-state index contributed by atoms with van der Waals surface area (Å²) < 4.78 is 1.60. The molecule has 2 aromatic heterocycles. The number of piperidine rings is 1. The summed E-state index contributed by atoms with van der Waals surface area (Å²) in [6, 6.07) is 2.07. The Morgan fingerprint density at radius 1 is 1.19 bits per heavy atom. The van der Waals surface area contributed by atoms with Crippen LogP contribution in [0.5, 0.6) is 0 Å². The third kappa shape index (κ3) is 4.15. The second-order valence-corrected chi connectivity index (χ2v) is 10.1. The van der Waals surface area contributed by atoms with Gasteiger partial charge in [-0.1, -0.05) is 26.0 Å². The van der Waals surface area contributed by atoms with Crippen molar-refractivity contribution in [2.24, 2.45) is 11.8 Å². The first-order chi connectivity index (χ1) is 15.5. The summed E-state index contributed by atoms with van der Waals surface area (Å²) in [5.41, 5.74) is 3.29.